The summed E-state index contributed by atoms with van der Waals surface area (Å²) in [6, 6.07) is 5.19. The van der Waals surface area contributed by atoms with Gasteiger partial charge >= 0.3 is 0 Å². The van der Waals surface area contributed by atoms with Crippen LogP contribution in [0.25, 0.3) is 0 Å². The Morgan fingerprint density at radius 3 is 2.86 bits per heavy atom. The van der Waals surface area contributed by atoms with Crippen molar-refractivity contribution in [3.8, 4) is 5.75 Å². The summed E-state index contributed by atoms with van der Waals surface area (Å²) in [4.78, 5) is 0.215. The molecule has 1 fully saturated rings. The van der Waals surface area contributed by atoms with Crippen LogP contribution in [0.2, 0.25) is 0 Å². The molecule has 0 aliphatic carbocycles. The molecule has 2 rings (SSSR count). The van der Waals surface area contributed by atoms with Crippen molar-refractivity contribution in [2.24, 2.45) is 0 Å². The summed E-state index contributed by atoms with van der Waals surface area (Å²) in [5.41, 5.74) is 0.979. The van der Waals surface area contributed by atoms with Crippen LogP contribution in [0.3, 0.4) is 0 Å². The summed E-state index contributed by atoms with van der Waals surface area (Å²) in [6.07, 6.45) is 0.708. The van der Waals surface area contributed by atoms with Gasteiger partial charge in [-0.2, -0.15) is 4.31 Å². The molecule has 6 nitrogen and oxygen atoms in total. The molecule has 0 spiro atoms. The van der Waals surface area contributed by atoms with E-state index in [-0.39, 0.29) is 4.90 Å². The van der Waals surface area contributed by atoms with Gasteiger partial charge in [-0.25, -0.2) is 8.42 Å². The molecule has 7 heteroatoms. The normalized spacial score (nSPS) is 17.4. The van der Waals surface area contributed by atoms with Crippen molar-refractivity contribution < 1.29 is 17.9 Å². The first-order chi connectivity index (χ1) is 10.1. The third-order valence-electron chi connectivity index (χ3n) is 3.41. The Kier molecular flexibility index (Phi) is 5.58. The Morgan fingerprint density at radius 1 is 1.33 bits per heavy atom. The summed E-state index contributed by atoms with van der Waals surface area (Å²) in [6.45, 7) is 2.55. The Balaban J connectivity index is 2.34. The smallest absolute Gasteiger partial charge is 0.246 e. The van der Waals surface area contributed by atoms with Crippen molar-refractivity contribution in [3.63, 3.8) is 0 Å². The molecule has 1 heterocycles. The Bertz CT molecular complexity index is 566. The Hall–Kier alpha value is -1.15. The van der Waals surface area contributed by atoms with Crippen molar-refractivity contribution >= 4 is 10.0 Å². The zero-order valence-electron chi connectivity index (χ0n) is 12.5. The van der Waals surface area contributed by atoms with E-state index in [0.29, 0.717) is 45.0 Å². The molecule has 1 aliphatic heterocycles. The molecule has 118 valence electrons. The minimum absolute atomic E-state index is 0.215. The molecule has 0 atom stereocenters. The first-order valence-corrected chi connectivity index (χ1v) is 8.43. The number of nitrogens with one attached hydrogen (secondary N) is 1. The monoisotopic (exact) mass is 314 g/mol. The SMILES string of the molecule is CNCc1ccc(S(=O)(=O)N2CCCOCC2)c(OC)c1. The number of ether oxygens (including phenoxy) is 2. The van der Waals surface area contributed by atoms with Crippen molar-refractivity contribution in [2.45, 2.75) is 17.9 Å². The Morgan fingerprint density at radius 2 is 2.14 bits per heavy atom. The fourth-order valence-corrected chi connectivity index (χ4v) is 3.94. The quantitative estimate of drug-likeness (QED) is 0.872. The van der Waals surface area contributed by atoms with Crippen LogP contribution in [0.15, 0.2) is 23.1 Å². The van der Waals surface area contributed by atoms with Crippen LogP contribution < -0.4 is 10.1 Å². The molecular formula is C14H22N2O4S. The Labute approximate surface area is 126 Å². The van der Waals surface area contributed by atoms with Crippen LogP contribution in [0, 0.1) is 0 Å². The average Bonchev–Trinajstić information content (AvgIpc) is 2.77. The first-order valence-electron chi connectivity index (χ1n) is 6.99. The van der Waals surface area contributed by atoms with E-state index in [9.17, 15) is 8.42 Å². The van der Waals surface area contributed by atoms with Gasteiger partial charge in [-0.05, 0) is 31.2 Å². The first kappa shape index (κ1) is 16.2. The third-order valence-corrected chi connectivity index (χ3v) is 5.35. The van der Waals surface area contributed by atoms with Gasteiger partial charge in [-0.3, -0.25) is 0 Å². The van der Waals surface area contributed by atoms with Crippen LogP contribution >= 0.6 is 0 Å². The van der Waals surface area contributed by atoms with Crippen LogP contribution in [-0.2, 0) is 21.3 Å². The molecule has 0 bridgehead atoms. The van der Waals surface area contributed by atoms with Crippen LogP contribution in [0.1, 0.15) is 12.0 Å². The highest BCUT2D eigenvalue weighted by atomic mass is 32.2. The maximum Gasteiger partial charge on any atom is 0.246 e. The van der Waals surface area contributed by atoms with Crippen LogP contribution in [-0.4, -0.2) is 53.2 Å². The fraction of sp³-hybridized carbons (Fsp3) is 0.571. The lowest BCUT2D eigenvalue weighted by molar-refractivity contribution is 0.148. The lowest BCUT2D eigenvalue weighted by Crippen LogP contribution is -2.33. The maximum atomic E-state index is 12.8. The van der Waals surface area contributed by atoms with Crippen molar-refractivity contribution in [1.29, 1.82) is 0 Å². The van der Waals surface area contributed by atoms with E-state index < -0.39 is 10.0 Å². The van der Waals surface area contributed by atoms with E-state index in [0.717, 1.165) is 5.56 Å². The van der Waals surface area contributed by atoms with Gasteiger partial charge in [0.15, 0.2) is 0 Å². The molecule has 0 saturated carbocycles. The molecule has 1 aliphatic rings. The van der Waals surface area contributed by atoms with Crippen molar-refractivity contribution in [1.82, 2.24) is 9.62 Å². The lowest BCUT2D eigenvalue weighted by Gasteiger charge is -2.21. The van der Waals surface area contributed by atoms with E-state index in [1.54, 1.807) is 18.2 Å². The number of benzene rings is 1. The molecule has 0 aromatic heterocycles. The molecular weight excluding hydrogens is 292 g/mol. The van der Waals surface area contributed by atoms with Gasteiger partial charge in [0.05, 0.1) is 13.7 Å². The largest absolute Gasteiger partial charge is 0.495 e. The van der Waals surface area contributed by atoms with E-state index in [1.807, 2.05) is 7.05 Å². The second-order valence-electron chi connectivity index (χ2n) is 4.89. The molecule has 21 heavy (non-hydrogen) atoms. The number of hydrogen-bond donors (Lipinski definition) is 1. The van der Waals surface area contributed by atoms with Gasteiger partial charge in [0.25, 0.3) is 0 Å². The highest BCUT2D eigenvalue weighted by Crippen LogP contribution is 2.28. The molecule has 0 unspecified atom stereocenters. The standard InChI is InChI=1S/C14H22N2O4S/c1-15-11-12-4-5-14(13(10-12)19-2)21(17,18)16-6-3-8-20-9-7-16/h4-5,10,15H,3,6-9,11H2,1-2H3. The van der Waals surface area contributed by atoms with Crippen molar-refractivity contribution in [3.05, 3.63) is 23.8 Å². The molecule has 1 aromatic rings. The molecule has 0 amide bonds. The van der Waals surface area contributed by atoms with Gasteiger partial charge in [0, 0.05) is 26.2 Å². The number of methoxy groups -OCH3 is 1. The predicted molar refractivity (Wildman–Crippen MR) is 80.0 cm³/mol. The maximum absolute atomic E-state index is 12.8. The highest BCUT2D eigenvalue weighted by molar-refractivity contribution is 7.89. The molecule has 0 radical (unpaired) electrons. The van der Waals surface area contributed by atoms with E-state index >= 15 is 0 Å². The van der Waals surface area contributed by atoms with Crippen LogP contribution in [0.5, 0.6) is 5.75 Å². The zero-order chi connectivity index (χ0) is 15.3. The minimum atomic E-state index is -3.55. The average molecular weight is 314 g/mol. The van der Waals surface area contributed by atoms with Gasteiger partial charge in [0.1, 0.15) is 10.6 Å². The van der Waals surface area contributed by atoms with Gasteiger partial charge in [-0.1, -0.05) is 6.07 Å². The number of nitrogens with zero attached hydrogens (tertiary/aromatic N) is 1. The highest BCUT2D eigenvalue weighted by Gasteiger charge is 2.28. The topological polar surface area (TPSA) is 67.9 Å². The predicted octanol–water partition coefficient (Wildman–Crippen LogP) is 0.826. The second kappa shape index (κ2) is 7.22. The zero-order valence-corrected chi connectivity index (χ0v) is 13.3. The summed E-state index contributed by atoms with van der Waals surface area (Å²) in [5, 5.41) is 3.03. The second-order valence-corrected chi connectivity index (χ2v) is 6.79. The van der Waals surface area contributed by atoms with E-state index in [1.165, 1.54) is 11.4 Å². The van der Waals surface area contributed by atoms with Crippen molar-refractivity contribution in [2.75, 3.05) is 40.5 Å². The summed E-state index contributed by atoms with van der Waals surface area (Å²) < 4.78 is 37.6. The number of sulfonamides is 1. The summed E-state index contributed by atoms with van der Waals surface area (Å²) in [7, 11) is -0.221. The van der Waals surface area contributed by atoms with E-state index in [4.69, 9.17) is 9.47 Å². The van der Waals surface area contributed by atoms with Crippen LogP contribution in [0.4, 0.5) is 0 Å². The minimum Gasteiger partial charge on any atom is -0.495 e. The molecule has 1 aromatic carbocycles. The van der Waals surface area contributed by atoms with Gasteiger partial charge < -0.3 is 14.8 Å². The van der Waals surface area contributed by atoms with Gasteiger partial charge in [0.2, 0.25) is 10.0 Å². The molecule has 1 saturated heterocycles. The number of rotatable bonds is 5. The molecule has 1 N–H and O–H groups in total. The number of hydrogen-bond acceptors (Lipinski definition) is 5. The summed E-state index contributed by atoms with van der Waals surface area (Å²) >= 11 is 0. The fourth-order valence-electron chi connectivity index (χ4n) is 2.34. The van der Waals surface area contributed by atoms with E-state index in [2.05, 4.69) is 5.32 Å². The lowest BCUT2D eigenvalue weighted by atomic mass is 10.2. The summed E-state index contributed by atoms with van der Waals surface area (Å²) in [5.74, 6) is 0.382. The third kappa shape index (κ3) is 3.74. The van der Waals surface area contributed by atoms with Gasteiger partial charge in [-0.15, -0.1) is 0 Å².